The number of nitrogens with zero attached hydrogens (tertiary/aromatic N) is 4. The molecule has 0 unspecified atom stereocenters. The lowest BCUT2D eigenvalue weighted by molar-refractivity contribution is -0.122. The summed E-state index contributed by atoms with van der Waals surface area (Å²) in [4.78, 5) is 11.7. The van der Waals surface area contributed by atoms with Gasteiger partial charge in [-0.3, -0.25) is 4.79 Å². The Bertz CT molecular complexity index is 572. The van der Waals surface area contributed by atoms with Crippen LogP contribution in [0.5, 0.6) is 0 Å². The van der Waals surface area contributed by atoms with Gasteiger partial charge in [0.05, 0.1) is 6.04 Å². The second kappa shape index (κ2) is 5.51. The zero-order valence-corrected chi connectivity index (χ0v) is 10.0. The number of benzene rings is 1. The van der Waals surface area contributed by atoms with Crippen molar-refractivity contribution in [1.82, 2.24) is 25.5 Å². The van der Waals surface area contributed by atoms with Crippen molar-refractivity contribution in [2.75, 3.05) is 0 Å². The summed E-state index contributed by atoms with van der Waals surface area (Å²) >= 11 is 0. The first-order valence-corrected chi connectivity index (χ1v) is 5.51. The van der Waals surface area contributed by atoms with Crippen molar-refractivity contribution in [2.24, 2.45) is 0 Å². The van der Waals surface area contributed by atoms with E-state index in [2.05, 4.69) is 20.8 Å². The second-order valence-corrected chi connectivity index (χ2v) is 3.97. The predicted octanol–water partition coefficient (Wildman–Crippen LogP) is 0.829. The standard InChI is InChI=1S/C11H11F2N5O/c1-7(8-2-3-9(12)10(13)4-8)15-11(19)5-18-6-14-16-17-18/h2-4,6-7H,5H2,1H3,(H,15,19)/t7-/m1/s1. The van der Waals surface area contributed by atoms with Crippen LogP contribution < -0.4 is 5.32 Å². The molecule has 0 spiro atoms. The van der Waals surface area contributed by atoms with Gasteiger partial charge in [-0.1, -0.05) is 6.07 Å². The van der Waals surface area contributed by atoms with E-state index in [1.807, 2.05) is 0 Å². The summed E-state index contributed by atoms with van der Waals surface area (Å²) in [6.07, 6.45) is 1.31. The molecule has 2 aromatic rings. The van der Waals surface area contributed by atoms with Gasteiger partial charge in [-0.25, -0.2) is 13.5 Å². The maximum Gasteiger partial charge on any atom is 0.242 e. The molecule has 0 fully saturated rings. The number of carbonyl (C=O) groups is 1. The Morgan fingerprint density at radius 3 is 2.84 bits per heavy atom. The molecule has 2 rings (SSSR count). The van der Waals surface area contributed by atoms with Crippen molar-refractivity contribution >= 4 is 5.91 Å². The predicted molar refractivity (Wildman–Crippen MR) is 60.7 cm³/mol. The molecule has 1 amide bonds. The van der Waals surface area contributed by atoms with E-state index in [1.165, 1.54) is 17.1 Å². The van der Waals surface area contributed by atoms with Crippen LogP contribution in [-0.4, -0.2) is 26.1 Å². The average molecular weight is 267 g/mol. The molecule has 0 bridgehead atoms. The van der Waals surface area contributed by atoms with E-state index >= 15 is 0 Å². The van der Waals surface area contributed by atoms with Crippen molar-refractivity contribution in [3.8, 4) is 0 Å². The molecule has 0 radical (unpaired) electrons. The summed E-state index contributed by atoms with van der Waals surface area (Å²) in [6, 6.07) is 3.05. The maximum atomic E-state index is 13.1. The normalized spacial score (nSPS) is 12.2. The molecule has 1 heterocycles. The molecule has 0 aliphatic heterocycles. The lowest BCUT2D eigenvalue weighted by Crippen LogP contribution is -2.30. The minimum Gasteiger partial charge on any atom is -0.348 e. The first kappa shape index (κ1) is 13.1. The fraction of sp³-hybridized carbons (Fsp3) is 0.273. The third kappa shape index (κ3) is 3.30. The molecule has 100 valence electrons. The fourth-order valence-corrected chi connectivity index (χ4v) is 1.55. The first-order chi connectivity index (χ1) is 9.06. The Morgan fingerprint density at radius 2 is 2.21 bits per heavy atom. The smallest absolute Gasteiger partial charge is 0.242 e. The van der Waals surface area contributed by atoms with Crippen molar-refractivity contribution in [3.05, 3.63) is 41.7 Å². The van der Waals surface area contributed by atoms with Gasteiger partial charge >= 0.3 is 0 Å². The number of hydrogen-bond donors (Lipinski definition) is 1. The van der Waals surface area contributed by atoms with Gasteiger partial charge in [0, 0.05) is 0 Å². The fourth-order valence-electron chi connectivity index (χ4n) is 1.55. The summed E-state index contributed by atoms with van der Waals surface area (Å²) in [7, 11) is 0. The Labute approximate surface area is 107 Å². The highest BCUT2D eigenvalue weighted by molar-refractivity contribution is 5.76. The largest absolute Gasteiger partial charge is 0.348 e. The number of carbonyl (C=O) groups excluding carboxylic acids is 1. The Balaban J connectivity index is 1.98. The third-order valence-electron chi connectivity index (χ3n) is 2.52. The van der Waals surface area contributed by atoms with Crippen LogP contribution >= 0.6 is 0 Å². The highest BCUT2D eigenvalue weighted by atomic mass is 19.2. The van der Waals surface area contributed by atoms with Gasteiger partial charge in [-0.05, 0) is 35.0 Å². The molecule has 6 nitrogen and oxygen atoms in total. The number of tetrazole rings is 1. The van der Waals surface area contributed by atoms with Crippen molar-refractivity contribution in [1.29, 1.82) is 0 Å². The van der Waals surface area contributed by atoms with Crippen molar-refractivity contribution in [3.63, 3.8) is 0 Å². The van der Waals surface area contributed by atoms with Gasteiger partial charge in [0.2, 0.25) is 5.91 Å². The molecular formula is C11H11F2N5O. The molecule has 1 N–H and O–H groups in total. The van der Waals surface area contributed by atoms with Crippen LogP contribution in [0.25, 0.3) is 0 Å². The van der Waals surface area contributed by atoms with E-state index in [-0.39, 0.29) is 12.5 Å². The first-order valence-electron chi connectivity index (χ1n) is 5.51. The minimum atomic E-state index is -0.945. The number of aromatic nitrogens is 4. The van der Waals surface area contributed by atoms with Crippen LogP contribution in [0, 0.1) is 11.6 Å². The molecule has 1 aromatic carbocycles. The van der Waals surface area contributed by atoms with Gasteiger partial charge in [0.15, 0.2) is 11.6 Å². The van der Waals surface area contributed by atoms with Crippen LogP contribution in [-0.2, 0) is 11.3 Å². The van der Waals surface area contributed by atoms with Gasteiger partial charge in [-0.15, -0.1) is 5.10 Å². The zero-order chi connectivity index (χ0) is 13.8. The summed E-state index contributed by atoms with van der Waals surface area (Å²) in [5, 5.41) is 13.0. The van der Waals surface area contributed by atoms with E-state index < -0.39 is 17.7 Å². The monoisotopic (exact) mass is 267 g/mol. The van der Waals surface area contributed by atoms with Crippen LogP contribution in [0.1, 0.15) is 18.5 Å². The molecule has 0 aliphatic carbocycles. The highest BCUT2D eigenvalue weighted by Crippen LogP contribution is 2.15. The molecule has 8 heteroatoms. The van der Waals surface area contributed by atoms with Crippen molar-refractivity contribution < 1.29 is 13.6 Å². The van der Waals surface area contributed by atoms with Crippen LogP contribution in [0.2, 0.25) is 0 Å². The van der Waals surface area contributed by atoms with Crippen LogP contribution in [0.4, 0.5) is 8.78 Å². The highest BCUT2D eigenvalue weighted by Gasteiger charge is 2.12. The molecule has 0 aliphatic rings. The van der Waals surface area contributed by atoms with Gasteiger partial charge in [0.1, 0.15) is 12.9 Å². The van der Waals surface area contributed by atoms with Gasteiger partial charge in [-0.2, -0.15) is 0 Å². The number of rotatable bonds is 4. The van der Waals surface area contributed by atoms with Crippen LogP contribution in [0.3, 0.4) is 0 Å². The maximum absolute atomic E-state index is 13.1. The minimum absolute atomic E-state index is 0.0407. The SMILES string of the molecule is C[C@@H](NC(=O)Cn1cnnn1)c1ccc(F)c(F)c1. The summed E-state index contributed by atoms with van der Waals surface area (Å²) in [6.45, 7) is 1.63. The number of nitrogens with one attached hydrogen (secondary N) is 1. The number of hydrogen-bond acceptors (Lipinski definition) is 4. The van der Waals surface area contributed by atoms with E-state index in [0.717, 1.165) is 12.1 Å². The second-order valence-electron chi connectivity index (χ2n) is 3.97. The quantitative estimate of drug-likeness (QED) is 0.890. The van der Waals surface area contributed by atoms with E-state index in [1.54, 1.807) is 6.92 Å². The Hall–Kier alpha value is -2.38. The number of amides is 1. The summed E-state index contributed by atoms with van der Waals surface area (Å²) < 4.78 is 27.1. The lowest BCUT2D eigenvalue weighted by atomic mass is 10.1. The van der Waals surface area contributed by atoms with Crippen molar-refractivity contribution in [2.45, 2.75) is 19.5 Å². The number of halogens is 2. The van der Waals surface area contributed by atoms with Gasteiger partial charge in [0.25, 0.3) is 0 Å². The van der Waals surface area contributed by atoms with E-state index in [4.69, 9.17) is 0 Å². The molecule has 0 saturated carbocycles. The lowest BCUT2D eigenvalue weighted by Gasteiger charge is -2.14. The van der Waals surface area contributed by atoms with E-state index in [0.29, 0.717) is 5.56 Å². The Kier molecular flexibility index (Phi) is 3.79. The molecule has 19 heavy (non-hydrogen) atoms. The Morgan fingerprint density at radius 1 is 1.42 bits per heavy atom. The molecule has 0 saturated heterocycles. The van der Waals surface area contributed by atoms with Gasteiger partial charge < -0.3 is 5.32 Å². The molecule has 1 aromatic heterocycles. The molecular weight excluding hydrogens is 256 g/mol. The summed E-state index contributed by atoms with van der Waals surface area (Å²) in [5.41, 5.74) is 0.476. The average Bonchev–Trinajstić information content (AvgIpc) is 2.85. The third-order valence-corrected chi connectivity index (χ3v) is 2.52. The topological polar surface area (TPSA) is 72.7 Å². The zero-order valence-electron chi connectivity index (χ0n) is 10.0. The molecule has 1 atom stereocenters. The van der Waals surface area contributed by atoms with Crippen LogP contribution in [0.15, 0.2) is 24.5 Å². The summed E-state index contributed by atoms with van der Waals surface area (Å²) in [5.74, 6) is -2.19. The van der Waals surface area contributed by atoms with E-state index in [9.17, 15) is 13.6 Å².